The van der Waals surface area contributed by atoms with Gasteiger partial charge < -0.3 is 5.73 Å². The van der Waals surface area contributed by atoms with Crippen LogP contribution < -0.4 is 5.73 Å². The van der Waals surface area contributed by atoms with Gasteiger partial charge in [0.25, 0.3) is 5.69 Å². The molecule has 1 aromatic carbocycles. The minimum absolute atomic E-state index is 0.0877. The summed E-state index contributed by atoms with van der Waals surface area (Å²) in [5.41, 5.74) is 6.22. The SMILES string of the molecule is Cc1ccc([N+](=O)[O-])cc1C(F)CCN. The number of hydrogen-bond donors (Lipinski definition) is 1. The summed E-state index contributed by atoms with van der Waals surface area (Å²) in [6, 6.07) is 4.19. The standard InChI is InChI=1S/C10H13FN2O2/c1-7-2-3-8(13(14)15)6-9(7)10(11)4-5-12/h2-3,6,10H,4-5,12H2,1H3. The maximum Gasteiger partial charge on any atom is 0.269 e. The van der Waals surface area contributed by atoms with Crippen molar-refractivity contribution in [3.8, 4) is 0 Å². The van der Waals surface area contributed by atoms with Gasteiger partial charge in [0.15, 0.2) is 0 Å². The van der Waals surface area contributed by atoms with E-state index < -0.39 is 11.1 Å². The molecule has 0 fully saturated rings. The predicted octanol–water partition coefficient (Wildman–Crippen LogP) is 2.26. The lowest BCUT2D eigenvalue weighted by Crippen LogP contribution is -2.05. The molecule has 0 heterocycles. The number of rotatable bonds is 4. The lowest BCUT2D eigenvalue weighted by atomic mass is 10.0. The summed E-state index contributed by atoms with van der Waals surface area (Å²) in [6.07, 6.45) is -1.04. The van der Waals surface area contributed by atoms with E-state index in [0.29, 0.717) is 11.1 Å². The quantitative estimate of drug-likeness (QED) is 0.614. The highest BCUT2D eigenvalue weighted by molar-refractivity contribution is 5.40. The van der Waals surface area contributed by atoms with Gasteiger partial charge in [0.2, 0.25) is 0 Å². The van der Waals surface area contributed by atoms with Gasteiger partial charge in [-0.15, -0.1) is 0 Å². The van der Waals surface area contributed by atoms with Gasteiger partial charge in [0.1, 0.15) is 6.17 Å². The van der Waals surface area contributed by atoms with Crippen LogP contribution in [0.3, 0.4) is 0 Å². The van der Waals surface area contributed by atoms with Crippen molar-refractivity contribution in [3.63, 3.8) is 0 Å². The van der Waals surface area contributed by atoms with E-state index >= 15 is 0 Å². The highest BCUT2D eigenvalue weighted by atomic mass is 19.1. The number of nitrogens with two attached hydrogens (primary N) is 1. The highest BCUT2D eigenvalue weighted by Crippen LogP contribution is 2.27. The van der Waals surface area contributed by atoms with Crippen molar-refractivity contribution in [1.82, 2.24) is 0 Å². The van der Waals surface area contributed by atoms with Crippen LogP contribution in [0.4, 0.5) is 10.1 Å². The second-order valence-electron chi connectivity index (χ2n) is 3.34. The third-order valence-corrected chi connectivity index (χ3v) is 2.23. The average Bonchev–Trinajstić information content (AvgIpc) is 2.18. The zero-order valence-electron chi connectivity index (χ0n) is 8.44. The van der Waals surface area contributed by atoms with Crippen LogP contribution in [0, 0.1) is 17.0 Å². The van der Waals surface area contributed by atoms with Gasteiger partial charge in [-0.3, -0.25) is 10.1 Å². The number of aryl methyl sites for hydroxylation is 1. The summed E-state index contributed by atoms with van der Waals surface area (Å²) < 4.78 is 13.5. The largest absolute Gasteiger partial charge is 0.330 e. The first kappa shape index (κ1) is 11.6. The van der Waals surface area contributed by atoms with Crippen molar-refractivity contribution in [3.05, 3.63) is 39.4 Å². The molecule has 82 valence electrons. The molecule has 1 rings (SSSR count). The Morgan fingerprint density at radius 2 is 2.27 bits per heavy atom. The van der Waals surface area contributed by atoms with Gasteiger partial charge in [0.05, 0.1) is 4.92 Å². The molecule has 0 amide bonds. The zero-order valence-corrected chi connectivity index (χ0v) is 8.44. The van der Waals surface area contributed by atoms with Crippen molar-refractivity contribution in [2.75, 3.05) is 6.54 Å². The summed E-state index contributed by atoms with van der Waals surface area (Å²) in [7, 11) is 0. The number of non-ortho nitro benzene ring substituents is 1. The topological polar surface area (TPSA) is 69.2 Å². The molecule has 0 aliphatic carbocycles. The van der Waals surface area contributed by atoms with E-state index in [9.17, 15) is 14.5 Å². The first-order chi connectivity index (χ1) is 7.06. The summed E-state index contributed by atoms with van der Waals surface area (Å²) in [4.78, 5) is 9.97. The van der Waals surface area contributed by atoms with Crippen molar-refractivity contribution in [2.45, 2.75) is 19.5 Å². The molecule has 1 aromatic rings. The fourth-order valence-electron chi connectivity index (χ4n) is 1.38. The van der Waals surface area contributed by atoms with Crippen molar-refractivity contribution in [1.29, 1.82) is 0 Å². The molecule has 0 spiro atoms. The van der Waals surface area contributed by atoms with Crippen LogP contribution in [0.25, 0.3) is 0 Å². The monoisotopic (exact) mass is 212 g/mol. The predicted molar refractivity (Wildman–Crippen MR) is 55.4 cm³/mol. The molecule has 0 aliphatic rings. The van der Waals surface area contributed by atoms with Crippen LogP contribution in [0.2, 0.25) is 0 Å². The average molecular weight is 212 g/mol. The van der Waals surface area contributed by atoms with Crippen LogP contribution in [0.1, 0.15) is 23.7 Å². The number of benzene rings is 1. The van der Waals surface area contributed by atoms with E-state index in [4.69, 9.17) is 5.73 Å². The summed E-state index contributed by atoms with van der Waals surface area (Å²) in [5, 5.41) is 10.5. The number of hydrogen-bond acceptors (Lipinski definition) is 3. The van der Waals surface area contributed by atoms with Crippen LogP contribution in [0.5, 0.6) is 0 Å². The molecule has 0 aromatic heterocycles. The van der Waals surface area contributed by atoms with Crippen LogP contribution in [0.15, 0.2) is 18.2 Å². The molecule has 1 atom stereocenters. The van der Waals surface area contributed by atoms with E-state index in [0.717, 1.165) is 0 Å². The van der Waals surface area contributed by atoms with E-state index in [1.54, 1.807) is 13.0 Å². The number of alkyl halides is 1. The normalized spacial score (nSPS) is 12.5. The maximum absolute atomic E-state index is 13.5. The van der Waals surface area contributed by atoms with Gasteiger partial charge in [-0.1, -0.05) is 6.07 Å². The zero-order chi connectivity index (χ0) is 11.4. The minimum Gasteiger partial charge on any atom is -0.330 e. The first-order valence-electron chi connectivity index (χ1n) is 4.65. The Hall–Kier alpha value is -1.49. The van der Waals surface area contributed by atoms with Crippen molar-refractivity contribution < 1.29 is 9.31 Å². The third kappa shape index (κ3) is 2.73. The van der Waals surface area contributed by atoms with E-state index in [2.05, 4.69) is 0 Å². The molecule has 4 nitrogen and oxygen atoms in total. The molecule has 0 saturated carbocycles. The lowest BCUT2D eigenvalue weighted by molar-refractivity contribution is -0.385. The molecule has 1 unspecified atom stereocenters. The Balaban J connectivity index is 3.04. The second-order valence-corrected chi connectivity index (χ2v) is 3.34. The van der Waals surface area contributed by atoms with Crippen molar-refractivity contribution in [2.24, 2.45) is 5.73 Å². The summed E-state index contributed by atoms with van der Waals surface area (Å²) in [5.74, 6) is 0. The summed E-state index contributed by atoms with van der Waals surface area (Å²) in [6.45, 7) is 1.95. The Morgan fingerprint density at radius 3 is 2.80 bits per heavy atom. The number of nitro benzene ring substituents is 1. The first-order valence-corrected chi connectivity index (χ1v) is 4.65. The molecule has 0 bridgehead atoms. The fraction of sp³-hybridized carbons (Fsp3) is 0.400. The Morgan fingerprint density at radius 1 is 1.60 bits per heavy atom. The Bertz CT molecular complexity index is 368. The second kappa shape index (κ2) is 4.84. The molecular formula is C10H13FN2O2. The van der Waals surface area contributed by atoms with E-state index in [1.165, 1.54) is 12.1 Å². The molecule has 0 radical (unpaired) electrons. The van der Waals surface area contributed by atoms with Crippen LogP contribution in [-0.2, 0) is 0 Å². The Kier molecular flexibility index (Phi) is 3.74. The molecular weight excluding hydrogens is 199 g/mol. The maximum atomic E-state index is 13.5. The number of nitro groups is 1. The molecule has 15 heavy (non-hydrogen) atoms. The van der Waals surface area contributed by atoms with Crippen LogP contribution in [-0.4, -0.2) is 11.5 Å². The summed E-state index contributed by atoms with van der Waals surface area (Å²) >= 11 is 0. The smallest absolute Gasteiger partial charge is 0.269 e. The lowest BCUT2D eigenvalue weighted by Gasteiger charge is -2.09. The van der Waals surface area contributed by atoms with E-state index in [-0.39, 0.29) is 18.7 Å². The number of halogens is 1. The Labute approximate surface area is 87.0 Å². The van der Waals surface area contributed by atoms with Crippen LogP contribution >= 0.6 is 0 Å². The van der Waals surface area contributed by atoms with Gasteiger partial charge in [0, 0.05) is 12.1 Å². The number of nitrogens with zero attached hydrogens (tertiary/aromatic N) is 1. The minimum atomic E-state index is -1.23. The van der Waals surface area contributed by atoms with Crippen molar-refractivity contribution >= 4 is 5.69 Å². The molecule has 0 saturated heterocycles. The van der Waals surface area contributed by atoms with Gasteiger partial charge in [-0.25, -0.2) is 4.39 Å². The van der Waals surface area contributed by atoms with E-state index in [1.807, 2.05) is 0 Å². The van der Waals surface area contributed by atoms with Gasteiger partial charge >= 0.3 is 0 Å². The van der Waals surface area contributed by atoms with Gasteiger partial charge in [-0.2, -0.15) is 0 Å². The third-order valence-electron chi connectivity index (χ3n) is 2.23. The molecule has 0 aliphatic heterocycles. The fourth-order valence-corrected chi connectivity index (χ4v) is 1.38. The van der Waals surface area contributed by atoms with Gasteiger partial charge in [-0.05, 0) is 31.0 Å². The highest BCUT2D eigenvalue weighted by Gasteiger charge is 2.15. The molecule has 5 heteroatoms. The molecule has 2 N–H and O–H groups in total.